The van der Waals surface area contributed by atoms with Crippen LogP contribution < -0.4 is 4.90 Å². The lowest BCUT2D eigenvalue weighted by molar-refractivity contribution is -0.136. The van der Waals surface area contributed by atoms with Crippen molar-refractivity contribution in [3.63, 3.8) is 0 Å². The van der Waals surface area contributed by atoms with Crippen LogP contribution in [-0.2, 0) is 24.3 Å². The van der Waals surface area contributed by atoms with Crippen molar-refractivity contribution in [3.8, 4) is 0 Å². The molecule has 2 unspecified atom stereocenters. The number of methoxy groups -OCH3 is 1. The van der Waals surface area contributed by atoms with Gasteiger partial charge in [0.1, 0.15) is 10.9 Å². The van der Waals surface area contributed by atoms with Gasteiger partial charge in [0.2, 0.25) is 15.9 Å². The summed E-state index contributed by atoms with van der Waals surface area (Å²) in [5.41, 5.74) is 0.636. The van der Waals surface area contributed by atoms with Crippen molar-refractivity contribution in [2.75, 3.05) is 58.0 Å². The Bertz CT molecular complexity index is 825. The zero-order valence-corrected chi connectivity index (χ0v) is 16.9. The van der Waals surface area contributed by atoms with Crippen molar-refractivity contribution in [1.29, 1.82) is 0 Å². The number of carbonyl (C=O) groups is 1. The van der Waals surface area contributed by atoms with Crippen LogP contribution in [0.25, 0.3) is 0 Å². The van der Waals surface area contributed by atoms with Crippen LogP contribution in [0.2, 0.25) is 0 Å². The molecule has 9 heteroatoms. The molecule has 4 rings (SSSR count). The third kappa shape index (κ3) is 3.41. The van der Waals surface area contributed by atoms with Crippen molar-refractivity contribution < 1.29 is 22.7 Å². The molecule has 2 atom stereocenters. The number of morpholine rings is 1. The van der Waals surface area contributed by atoms with Gasteiger partial charge >= 0.3 is 0 Å². The van der Waals surface area contributed by atoms with E-state index in [9.17, 15) is 13.2 Å². The van der Waals surface area contributed by atoms with E-state index in [1.807, 2.05) is 17.0 Å². The first kappa shape index (κ1) is 19.6. The van der Waals surface area contributed by atoms with E-state index in [4.69, 9.17) is 9.47 Å². The predicted molar refractivity (Wildman–Crippen MR) is 104 cm³/mol. The molecular formula is C19H27N3O5S. The third-order valence-electron chi connectivity index (χ3n) is 5.83. The molecule has 1 amide bonds. The summed E-state index contributed by atoms with van der Waals surface area (Å²) in [7, 11) is -2.07. The van der Waals surface area contributed by atoms with E-state index >= 15 is 0 Å². The molecule has 3 aliphatic rings. The number of rotatable bonds is 4. The normalized spacial score (nSPS) is 27.2. The molecule has 1 aromatic carbocycles. The zero-order valence-electron chi connectivity index (χ0n) is 16.1. The van der Waals surface area contributed by atoms with Gasteiger partial charge in [-0.3, -0.25) is 4.79 Å². The summed E-state index contributed by atoms with van der Waals surface area (Å²) in [5, 5.41) is 0. The number of carbonyl (C=O) groups excluding carboxylic acids is 1. The number of benzene rings is 1. The van der Waals surface area contributed by atoms with Crippen LogP contribution in [0.4, 0.5) is 5.69 Å². The summed E-state index contributed by atoms with van der Waals surface area (Å²) in [5.74, 6) is 0.0725. The molecule has 0 saturated carbocycles. The van der Waals surface area contributed by atoms with Crippen molar-refractivity contribution in [2.24, 2.45) is 0 Å². The second-order valence-corrected chi connectivity index (χ2v) is 9.32. The summed E-state index contributed by atoms with van der Waals surface area (Å²) < 4.78 is 38.5. The summed E-state index contributed by atoms with van der Waals surface area (Å²) in [6.07, 6.45) is 1.52. The van der Waals surface area contributed by atoms with Gasteiger partial charge < -0.3 is 19.3 Å². The summed E-state index contributed by atoms with van der Waals surface area (Å²) in [6, 6.07) is 6.68. The molecule has 2 fully saturated rings. The van der Waals surface area contributed by atoms with E-state index in [0.717, 1.165) is 12.8 Å². The first-order chi connectivity index (χ1) is 13.5. The van der Waals surface area contributed by atoms with Gasteiger partial charge in [-0.05, 0) is 25.0 Å². The second kappa shape index (κ2) is 7.98. The smallest absolute Gasteiger partial charge is 0.245 e. The van der Waals surface area contributed by atoms with Gasteiger partial charge in [0, 0.05) is 39.3 Å². The maximum absolute atomic E-state index is 13.3. The van der Waals surface area contributed by atoms with Gasteiger partial charge in [-0.15, -0.1) is 0 Å². The van der Waals surface area contributed by atoms with Gasteiger partial charge in [-0.25, -0.2) is 8.42 Å². The molecule has 0 radical (unpaired) electrons. The van der Waals surface area contributed by atoms with Crippen LogP contribution in [0, 0.1) is 0 Å². The minimum Gasteiger partial charge on any atom is -0.383 e. The minimum atomic E-state index is -3.64. The summed E-state index contributed by atoms with van der Waals surface area (Å²) in [6.45, 7) is 3.30. The molecule has 0 aliphatic carbocycles. The lowest BCUT2D eigenvalue weighted by Gasteiger charge is -2.35. The fourth-order valence-electron chi connectivity index (χ4n) is 4.43. The number of hydrogen-bond acceptors (Lipinski definition) is 6. The highest BCUT2D eigenvalue weighted by Crippen LogP contribution is 2.40. The second-order valence-electron chi connectivity index (χ2n) is 7.42. The topological polar surface area (TPSA) is 79.4 Å². The molecule has 3 aliphatic heterocycles. The van der Waals surface area contributed by atoms with Gasteiger partial charge in [-0.1, -0.05) is 12.1 Å². The van der Waals surface area contributed by atoms with Gasteiger partial charge in [0.25, 0.3) is 0 Å². The highest BCUT2D eigenvalue weighted by molar-refractivity contribution is 7.89. The monoisotopic (exact) mass is 409 g/mol. The molecule has 28 heavy (non-hydrogen) atoms. The van der Waals surface area contributed by atoms with Crippen molar-refractivity contribution in [3.05, 3.63) is 24.3 Å². The predicted octanol–water partition coefficient (Wildman–Crippen LogP) is 0.534. The molecular weight excluding hydrogens is 382 g/mol. The molecule has 1 aromatic rings. The number of amides is 1. The first-order valence-corrected chi connectivity index (χ1v) is 11.2. The van der Waals surface area contributed by atoms with Gasteiger partial charge in [0.05, 0.1) is 25.5 Å². The molecule has 2 saturated heterocycles. The van der Waals surface area contributed by atoms with Crippen LogP contribution in [0.15, 0.2) is 29.2 Å². The minimum absolute atomic E-state index is 0.0229. The van der Waals surface area contributed by atoms with Crippen molar-refractivity contribution in [1.82, 2.24) is 9.21 Å². The average molecular weight is 410 g/mol. The Labute approximate surface area is 166 Å². The highest BCUT2D eigenvalue weighted by atomic mass is 32.2. The number of nitrogens with zero attached hydrogens (tertiary/aromatic N) is 3. The Balaban J connectivity index is 1.70. The SMILES string of the molecule is COCCN1CC2CCC(C(=O)N3CCOCC3)N2c2ccccc2S1(=O)=O. The lowest BCUT2D eigenvalue weighted by atomic mass is 10.1. The van der Waals surface area contributed by atoms with E-state index < -0.39 is 10.0 Å². The molecule has 0 N–H and O–H groups in total. The molecule has 8 nitrogen and oxygen atoms in total. The summed E-state index contributed by atoms with van der Waals surface area (Å²) in [4.78, 5) is 17.4. The van der Waals surface area contributed by atoms with Crippen molar-refractivity contribution >= 4 is 21.6 Å². The van der Waals surface area contributed by atoms with Gasteiger partial charge in [0.15, 0.2) is 0 Å². The molecule has 154 valence electrons. The van der Waals surface area contributed by atoms with E-state index in [1.54, 1.807) is 19.2 Å². The molecule has 3 heterocycles. The number of para-hydroxylation sites is 1. The van der Waals surface area contributed by atoms with Crippen LogP contribution in [0.5, 0.6) is 0 Å². The van der Waals surface area contributed by atoms with Crippen LogP contribution in [-0.4, -0.2) is 88.7 Å². The van der Waals surface area contributed by atoms with Gasteiger partial charge in [-0.2, -0.15) is 4.31 Å². The maximum atomic E-state index is 13.3. The first-order valence-electron chi connectivity index (χ1n) is 9.77. The number of hydrogen-bond donors (Lipinski definition) is 0. The zero-order chi connectivity index (χ0) is 19.7. The fraction of sp³-hybridized carbons (Fsp3) is 0.632. The molecule has 0 bridgehead atoms. The van der Waals surface area contributed by atoms with E-state index in [-0.39, 0.29) is 22.9 Å². The molecule has 0 aromatic heterocycles. The standard InChI is InChI=1S/C19H27N3O5S/c1-26-11-10-21-14-15-6-7-17(19(23)20-8-12-27-13-9-20)22(15)16-4-2-3-5-18(16)28(21,24)25/h2-5,15,17H,6-14H2,1H3. The molecule has 0 spiro atoms. The fourth-order valence-corrected chi connectivity index (χ4v) is 6.08. The Morgan fingerprint density at radius 2 is 1.96 bits per heavy atom. The highest BCUT2D eigenvalue weighted by Gasteiger charge is 2.46. The van der Waals surface area contributed by atoms with Crippen LogP contribution >= 0.6 is 0 Å². The van der Waals surface area contributed by atoms with Crippen LogP contribution in [0.1, 0.15) is 12.8 Å². The lowest BCUT2D eigenvalue weighted by Crippen LogP contribution is -2.52. The van der Waals surface area contributed by atoms with E-state index in [1.165, 1.54) is 4.31 Å². The Kier molecular flexibility index (Phi) is 5.59. The number of ether oxygens (including phenoxy) is 2. The number of sulfonamides is 1. The Hall–Kier alpha value is -1.68. The Morgan fingerprint density at radius 3 is 2.71 bits per heavy atom. The maximum Gasteiger partial charge on any atom is 0.245 e. The Morgan fingerprint density at radius 1 is 1.21 bits per heavy atom. The average Bonchev–Trinajstić information content (AvgIpc) is 3.10. The number of fused-ring (bicyclic) bond motifs is 3. The van der Waals surface area contributed by atoms with Crippen LogP contribution in [0.3, 0.4) is 0 Å². The largest absolute Gasteiger partial charge is 0.383 e. The van der Waals surface area contributed by atoms with Crippen molar-refractivity contribution in [2.45, 2.75) is 29.8 Å². The number of anilines is 1. The van der Waals surface area contributed by atoms with E-state index in [2.05, 4.69) is 4.90 Å². The quantitative estimate of drug-likeness (QED) is 0.722. The summed E-state index contributed by atoms with van der Waals surface area (Å²) >= 11 is 0. The van der Waals surface area contributed by atoms with E-state index in [0.29, 0.717) is 51.7 Å². The third-order valence-corrected chi connectivity index (χ3v) is 7.74.